The monoisotopic (exact) mass is 651 g/mol. The van der Waals surface area contributed by atoms with Gasteiger partial charge in [-0.1, -0.05) is 30.3 Å². The summed E-state index contributed by atoms with van der Waals surface area (Å²) in [5, 5.41) is 10.6. The predicted octanol–water partition coefficient (Wildman–Crippen LogP) is 5.24. The van der Waals surface area contributed by atoms with Gasteiger partial charge in [0.2, 0.25) is 10.0 Å². The van der Waals surface area contributed by atoms with Gasteiger partial charge in [0.1, 0.15) is 22.8 Å². The highest BCUT2D eigenvalue weighted by Gasteiger charge is 2.22. The van der Waals surface area contributed by atoms with Gasteiger partial charge in [0.15, 0.2) is 11.5 Å². The first kappa shape index (κ1) is 30.2. The second-order valence-corrected chi connectivity index (χ2v) is 12.9. The van der Waals surface area contributed by atoms with Gasteiger partial charge >= 0.3 is 0 Å². The van der Waals surface area contributed by atoms with Crippen molar-refractivity contribution in [2.45, 2.75) is 19.6 Å². The van der Waals surface area contributed by atoms with E-state index in [1.54, 1.807) is 30.7 Å². The molecule has 0 fully saturated rings. The number of fused-ring (bicyclic) bond motifs is 2. The Bertz CT molecular complexity index is 2360. The number of aromatic amines is 2. The van der Waals surface area contributed by atoms with E-state index in [1.165, 1.54) is 18.3 Å². The molecule has 0 saturated carbocycles. The molecule has 0 saturated heterocycles. The lowest BCUT2D eigenvalue weighted by molar-refractivity contribution is 0.586. The smallest absolute Gasteiger partial charge is 0.209 e. The summed E-state index contributed by atoms with van der Waals surface area (Å²) in [5.74, 6) is -0.822. The Morgan fingerprint density at radius 3 is 2.49 bits per heavy atom. The van der Waals surface area contributed by atoms with Crippen molar-refractivity contribution >= 4 is 32.1 Å². The van der Waals surface area contributed by atoms with Crippen molar-refractivity contribution in [2.75, 3.05) is 6.26 Å². The minimum Gasteiger partial charge on any atom is -0.337 e. The van der Waals surface area contributed by atoms with Crippen molar-refractivity contribution in [3.8, 4) is 33.9 Å². The van der Waals surface area contributed by atoms with Crippen LogP contribution in [0.15, 0.2) is 85.5 Å². The maximum absolute atomic E-state index is 16.3. The molecule has 0 radical (unpaired) electrons. The lowest BCUT2D eigenvalue weighted by Gasteiger charge is -2.08. The van der Waals surface area contributed by atoms with Crippen LogP contribution in [0.2, 0.25) is 0 Å². The van der Waals surface area contributed by atoms with E-state index in [0.717, 1.165) is 17.4 Å². The first-order valence-corrected chi connectivity index (χ1v) is 16.4. The molecule has 11 nitrogen and oxygen atoms in total. The predicted molar refractivity (Wildman–Crippen MR) is 174 cm³/mol. The molecule has 5 heterocycles. The molecule has 0 bridgehead atoms. The Morgan fingerprint density at radius 1 is 0.851 bits per heavy atom. The van der Waals surface area contributed by atoms with Gasteiger partial charge in [-0.15, -0.1) is 0 Å². The number of hydrogen-bond donors (Lipinski definition) is 4. The number of aromatic nitrogens is 7. The van der Waals surface area contributed by atoms with Crippen LogP contribution in [0.1, 0.15) is 16.7 Å². The van der Waals surface area contributed by atoms with Gasteiger partial charge in [0.05, 0.1) is 22.9 Å². The number of nitrogens with zero attached hydrogens (tertiary/aromatic N) is 5. The summed E-state index contributed by atoms with van der Waals surface area (Å²) in [6.45, 7) is 1.13. The Balaban J connectivity index is 1.22. The molecule has 0 spiro atoms. The van der Waals surface area contributed by atoms with Crippen LogP contribution in [0, 0.1) is 11.6 Å². The summed E-state index contributed by atoms with van der Waals surface area (Å²) in [6, 6.07) is 17.8. The van der Waals surface area contributed by atoms with Gasteiger partial charge in [0.25, 0.3) is 0 Å². The number of sulfonamides is 1. The summed E-state index contributed by atoms with van der Waals surface area (Å²) in [5.41, 5.74) is 5.44. The Morgan fingerprint density at radius 2 is 1.66 bits per heavy atom. The highest BCUT2D eigenvalue weighted by atomic mass is 32.2. The number of hydrogen-bond acceptors (Lipinski definition) is 8. The van der Waals surface area contributed by atoms with Crippen molar-refractivity contribution < 1.29 is 17.2 Å². The third-order valence-corrected chi connectivity index (χ3v) is 8.20. The molecule has 4 N–H and O–H groups in total. The third-order valence-electron chi connectivity index (χ3n) is 7.53. The maximum atomic E-state index is 16.3. The zero-order valence-corrected chi connectivity index (χ0v) is 25.7. The average Bonchev–Trinajstić information content (AvgIpc) is 3.69. The lowest BCUT2D eigenvalue weighted by atomic mass is 10.1. The van der Waals surface area contributed by atoms with E-state index in [2.05, 4.69) is 40.2 Å². The highest BCUT2D eigenvalue weighted by Crippen LogP contribution is 2.34. The van der Waals surface area contributed by atoms with Crippen molar-refractivity contribution in [1.82, 2.24) is 45.2 Å². The molecule has 0 aliphatic rings. The van der Waals surface area contributed by atoms with Gasteiger partial charge in [-0.25, -0.2) is 31.9 Å². The van der Waals surface area contributed by atoms with Crippen LogP contribution in [0.25, 0.3) is 56.0 Å². The average molecular weight is 652 g/mol. The molecule has 7 rings (SSSR count). The van der Waals surface area contributed by atoms with Gasteiger partial charge in [0, 0.05) is 61.1 Å². The fraction of sp³-hybridized carbons (Fsp3) is 0.121. The first-order valence-electron chi connectivity index (χ1n) is 14.5. The molecule has 2 aromatic carbocycles. The molecule has 236 valence electrons. The normalized spacial score (nSPS) is 11.9. The number of halogens is 2. The molecule has 0 amide bonds. The Kier molecular flexibility index (Phi) is 7.97. The van der Waals surface area contributed by atoms with E-state index in [1.807, 2.05) is 36.4 Å². The van der Waals surface area contributed by atoms with Gasteiger partial charge < -0.3 is 10.3 Å². The molecule has 14 heteroatoms. The zero-order chi connectivity index (χ0) is 32.5. The third kappa shape index (κ3) is 6.47. The van der Waals surface area contributed by atoms with Gasteiger partial charge in [-0.05, 0) is 47.0 Å². The minimum absolute atomic E-state index is 0.0945. The standard InChI is InChI=1S/C33H27F2N9O2S/c1-47(45,46)40-16-20-9-22(12-24(34)11-20)29-30-26(7-8-38-29)41-33(42-30)31-27-28(35)25(18-39-32(27)44-43-31)23-10-21(15-37-17-23)14-36-13-19-5-3-2-4-6-19/h2-12,15,17-18,36,40H,13-14,16H2,1H3,(H,41,42)(H,39,43,44). The molecular formula is C33H27F2N9O2S. The number of imidazole rings is 1. The Labute approximate surface area is 267 Å². The van der Waals surface area contributed by atoms with Crippen molar-refractivity contribution in [2.24, 2.45) is 0 Å². The number of nitrogens with one attached hydrogen (secondary N) is 4. The second kappa shape index (κ2) is 12.4. The lowest BCUT2D eigenvalue weighted by Crippen LogP contribution is -2.21. The molecule has 0 unspecified atom stereocenters. The van der Waals surface area contributed by atoms with Crippen molar-refractivity contribution in [3.05, 3.63) is 114 Å². The second-order valence-electron chi connectivity index (χ2n) is 11.0. The number of pyridine rings is 3. The minimum atomic E-state index is -3.48. The van der Waals surface area contributed by atoms with Gasteiger partial charge in [-0.3, -0.25) is 15.1 Å². The van der Waals surface area contributed by atoms with Crippen LogP contribution >= 0.6 is 0 Å². The fourth-order valence-electron chi connectivity index (χ4n) is 5.37. The quantitative estimate of drug-likeness (QED) is 0.157. The first-order chi connectivity index (χ1) is 22.7. The van der Waals surface area contributed by atoms with E-state index < -0.39 is 21.7 Å². The van der Waals surface area contributed by atoms with E-state index in [4.69, 9.17) is 4.98 Å². The number of H-pyrrole nitrogens is 2. The largest absolute Gasteiger partial charge is 0.337 e. The summed E-state index contributed by atoms with van der Waals surface area (Å²) in [4.78, 5) is 21.1. The molecular weight excluding hydrogens is 624 g/mol. The van der Waals surface area contributed by atoms with Crippen molar-refractivity contribution in [1.29, 1.82) is 0 Å². The summed E-state index contributed by atoms with van der Waals surface area (Å²) < 4.78 is 56.4. The maximum Gasteiger partial charge on any atom is 0.209 e. The summed E-state index contributed by atoms with van der Waals surface area (Å²) in [6.07, 6.45) is 7.32. The van der Waals surface area contributed by atoms with E-state index >= 15 is 4.39 Å². The number of rotatable bonds is 10. The summed E-state index contributed by atoms with van der Waals surface area (Å²) in [7, 11) is -3.48. The molecule has 7 aromatic rings. The highest BCUT2D eigenvalue weighted by molar-refractivity contribution is 7.88. The van der Waals surface area contributed by atoms with E-state index in [0.29, 0.717) is 46.5 Å². The summed E-state index contributed by atoms with van der Waals surface area (Å²) >= 11 is 0. The number of benzene rings is 2. The fourth-order valence-corrected chi connectivity index (χ4v) is 5.80. The van der Waals surface area contributed by atoms with Crippen LogP contribution in [-0.4, -0.2) is 49.8 Å². The van der Waals surface area contributed by atoms with Crippen LogP contribution in [-0.2, 0) is 29.7 Å². The van der Waals surface area contributed by atoms with Crippen LogP contribution in [0.5, 0.6) is 0 Å². The van der Waals surface area contributed by atoms with Crippen LogP contribution < -0.4 is 10.0 Å². The molecule has 0 aliphatic carbocycles. The van der Waals surface area contributed by atoms with Crippen LogP contribution in [0.4, 0.5) is 8.78 Å². The zero-order valence-electron chi connectivity index (χ0n) is 24.9. The van der Waals surface area contributed by atoms with Gasteiger partial charge in [-0.2, -0.15) is 5.10 Å². The van der Waals surface area contributed by atoms with E-state index in [-0.39, 0.29) is 34.7 Å². The topological polar surface area (TPSA) is 154 Å². The van der Waals surface area contributed by atoms with Crippen LogP contribution in [0.3, 0.4) is 0 Å². The molecule has 0 aliphatic heterocycles. The molecule has 5 aromatic heterocycles. The Hall–Kier alpha value is -5.44. The van der Waals surface area contributed by atoms with Crippen molar-refractivity contribution in [3.63, 3.8) is 0 Å². The van der Waals surface area contributed by atoms with E-state index in [9.17, 15) is 12.8 Å². The molecule has 0 atom stereocenters. The SMILES string of the molecule is CS(=O)(=O)NCc1cc(F)cc(-c2nccc3[nH]c(-c4[nH]nc5ncc(-c6cncc(CNCc7ccccc7)c6)c(F)c45)nc23)c1. The molecule has 47 heavy (non-hydrogen) atoms.